The van der Waals surface area contributed by atoms with Gasteiger partial charge in [0.1, 0.15) is 5.75 Å². The summed E-state index contributed by atoms with van der Waals surface area (Å²) in [5, 5.41) is 12.9. The normalized spacial score (nSPS) is 12.7. The monoisotopic (exact) mass is 443 g/mol. The largest absolute Gasteiger partial charge is 0.494 e. The molecule has 0 unspecified atom stereocenters. The van der Waals surface area contributed by atoms with Crippen molar-refractivity contribution < 1.29 is 9.53 Å². The number of carbonyl (C=O) groups excluding carboxylic acids is 1. The minimum Gasteiger partial charge on any atom is -0.494 e. The molecule has 2 aromatic carbocycles. The number of hydrogen-bond acceptors (Lipinski definition) is 6. The second-order valence-electron chi connectivity index (χ2n) is 6.67. The number of halogens is 1. The molecular weight excluding hydrogens is 422 g/mol. The number of thioether (sulfide) groups is 1. The lowest BCUT2D eigenvalue weighted by atomic mass is 10.2. The average Bonchev–Trinajstić information content (AvgIpc) is 3.35. The van der Waals surface area contributed by atoms with Gasteiger partial charge in [0.2, 0.25) is 11.9 Å². The van der Waals surface area contributed by atoms with Crippen LogP contribution >= 0.6 is 23.4 Å². The highest BCUT2D eigenvalue weighted by Gasteiger charge is 2.26. The molecule has 0 saturated heterocycles. The zero-order chi connectivity index (χ0) is 20.9. The Labute approximate surface area is 184 Å². The second kappa shape index (κ2) is 9.40. The maximum Gasteiger partial charge on any atom is 0.232 e. The van der Waals surface area contributed by atoms with Gasteiger partial charge in [0.05, 0.1) is 12.4 Å². The van der Waals surface area contributed by atoms with Gasteiger partial charge in [0, 0.05) is 30.3 Å². The van der Waals surface area contributed by atoms with E-state index in [0.717, 1.165) is 41.2 Å². The number of nitrogens with one attached hydrogen (secondary N) is 1. The summed E-state index contributed by atoms with van der Waals surface area (Å²) in [6.07, 6.45) is 0. The van der Waals surface area contributed by atoms with Gasteiger partial charge >= 0.3 is 0 Å². The third-order valence-corrected chi connectivity index (χ3v) is 6.05. The zero-order valence-corrected chi connectivity index (χ0v) is 18.1. The molecule has 1 amide bonds. The summed E-state index contributed by atoms with van der Waals surface area (Å²) in [6.45, 7) is 4.60. The molecule has 0 bridgehead atoms. The molecule has 1 aliphatic heterocycles. The van der Waals surface area contributed by atoms with Crippen LogP contribution < -0.4 is 15.0 Å². The number of benzene rings is 2. The number of rotatable bonds is 8. The summed E-state index contributed by atoms with van der Waals surface area (Å²) in [5.74, 6) is 1.84. The van der Waals surface area contributed by atoms with Crippen molar-refractivity contribution in [3.8, 4) is 5.75 Å². The van der Waals surface area contributed by atoms with Crippen LogP contribution in [0.3, 0.4) is 0 Å². The van der Waals surface area contributed by atoms with Crippen LogP contribution in [0.15, 0.2) is 53.7 Å². The lowest BCUT2D eigenvalue weighted by molar-refractivity contribution is -0.118. The van der Waals surface area contributed by atoms with E-state index < -0.39 is 0 Å². The topological polar surface area (TPSA) is 72.3 Å². The van der Waals surface area contributed by atoms with Crippen molar-refractivity contribution in [2.75, 3.05) is 23.8 Å². The van der Waals surface area contributed by atoms with Crippen molar-refractivity contribution >= 4 is 40.9 Å². The standard InChI is InChI=1S/C21H22ClN5O2S/c1-2-29-17-9-7-16(8-10-17)26-11-12-27-20(26)24-25-21(27)30-14-19(28)23-13-15-5-3-4-6-18(15)22/h3-10H,2,11-14H2,1H3,(H,23,28). The molecule has 7 nitrogen and oxygen atoms in total. The van der Waals surface area contributed by atoms with Gasteiger partial charge in [-0.2, -0.15) is 0 Å². The third-order valence-electron chi connectivity index (χ3n) is 4.71. The Balaban J connectivity index is 1.34. The van der Waals surface area contributed by atoms with Crippen LogP contribution in [0.4, 0.5) is 11.6 Å². The quantitative estimate of drug-likeness (QED) is 0.532. The molecule has 1 aromatic heterocycles. The number of aromatic nitrogens is 3. The molecule has 1 aliphatic rings. The first-order valence-electron chi connectivity index (χ1n) is 9.72. The highest BCUT2D eigenvalue weighted by Crippen LogP contribution is 2.32. The van der Waals surface area contributed by atoms with Gasteiger partial charge in [0.25, 0.3) is 0 Å². The van der Waals surface area contributed by atoms with Gasteiger partial charge in [-0.1, -0.05) is 41.6 Å². The summed E-state index contributed by atoms with van der Waals surface area (Å²) >= 11 is 7.51. The van der Waals surface area contributed by atoms with Crippen molar-refractivity contribution in [3.63, 3.8) is 0 Å². The van der Waals surface area contributed by atoms with Crippen molar-refractivity contribution in [1.29, 1.82) is 0 Å². The number of hydrogen-bond donors (Lipinski definition) is 1. The fraction of sp³-hybridized carbons (Fsp3) is 0.286. The highest BCUT2D eigenvalue weighted by atomic mass is 35.5. The first-order chi connectivity index (χ1) is 14.7. The van der Waals surface area contributed by atoms with Gasteiger partial charge in [-0.25, -0.2) is 0 Å². The zero-order valence-electron chi connectivity index (χ0n) is 16.5. The molecule has 4 rings (SSSR count). The van der Waals surface area contributed by atoms with Crippen LogP contribution in [0.2, 0.25) is 5.02 Å². The summed E-state index contributed by atoms with van der Waals surface area (Å²) < 4.78 is 7.55. The number of anilines is 2. The van der Waals surface area contributed by atoms with Crippen LogP contribution in [0.5, 0.6) is 5.75 Å². The number of ether oxygens (including phenoxy) is 1. The molecule has 0 atom stereocenters. The van der Waals surface area contributed by atoms with Crippen LogP contribution in [-0.2, 0) is 17.9 Å². The smallest absolute Gasteiger partial charge is 0.232 e. The van der Waals surface area contributed by atoms with E-state index in [1.165, 1.54) is 11.8 Å². The van der Waals surface area contributed by atoms with Crippen molar-refractivity contribution in [1.82, 2.24) is 20.1 Å². The van der Waals surface area contributed by atoms with Crippen molar-refractivity contribution in [3.05, 3.63) is 59.1 Å². The van der Waals surface area contributed by atoms with E-state index in [2.05, 4.69) is 20.4 Å². The predicted molar refractivity (Wildman–Crippen MR) is 119 cm³/mol. The van der Waals surface area contributed by atoms with Gasteiger partial charge in [-0.15, -0.1) is 10.2 Å². The van der Waals surface area contributed by atoms with Gasteiger partial charge in [-0.05, 0) is 42.8 Å². The number of amides is 1. The van der Waals surface area contributed by atoms with E-state index in [1.807, 2.05) is 60.0 Å². The molecule has 3 aromatic rings. The van der Waals surface area contributed by atoms with Crippen LogP contribution in [0.1, 0.15) is 12.5 Å². The average molecular weight is 444 g/mol. The maximum atomic E-state index is 12.2. The Morgan fingerprint density at radius 1 is 1.17 bits per heavy atom. The SMILES string of the molecule is CCOc1ccc(N2CCn3c(SCC(=O)NCc4ccccc4Cl)nnc32)cc1. The highest BCUT2D eigenvalue weighted by molar-refractivity contribution is 7.99. The molecule has 2 heterocycles. The molecule has 30 heavy (non-hydrogen) atoms. The molecule has 0 spiro atoms. The fourth-order valence-electron chi connectivity index (χ4n) is 3.23. The Morgan fingerprint density at radius 2 is 1.97 bits per heavy atom. The van der Waals surface area contributed by atoms with Crippen LogP contribution in [0.25, 0.3) is 0 Å². The van der Waals surface area contributed by atoms with E-state index in [1.54, 1.807) is 0 Å². The van der Waals surface area contributed by atoms with Gasteiger partial charge in [-0.3, -0.25) is 9.36 Å². The van der Waals surface area contributed by atoms with Crippen LogP contribution in [-0.4, -0.2) is 39.6 Å². The third kappa shape index (κ3) is 4.55. The number of carbonyl (C=O) groups is 1. The predicted octanol–water partition coefficient (Wildman–Crippen LogP) is 3.89. The molecule has 1 N–H and O–H groups in total. The Hall–Kier alpha value is -2.71. The number of nitrogens with zero attached hydrogens (tertiary/aromatic N) is 4. The first kappa shape index (κ1) is 20.6. The Morgan fingerprint density at radius 3 is 2.73 bits per heavy atom. The maximum absolute atomic E-state index is 12.2. The molecule has 0 radical (unpaired) electrons. The lowest BCUT2D eigenvalue weighted by Gasteiger charge is -2.15. The summed E-state index contributed by atoms with van der Waals surface area (Å²) in [5.41, 5.74) is 1.94. The second-order valence-corrected chi connectivity index (χ2v) is 8.02. The molecule has 9 heteroatoms. The minimum atomic E-state index is -0.0707. The van der Waals surface area contributed by atoms with E-state index in [4.69, 9.17) is 16.3 Å². The van der Waals surface area contributed by atoms with Crippen molar-refractivity contribution in [2.24, 2.45) is 0 Å². The summed E-state index contributed by atoms with van der Waals surface area (Å²) in [6, 6.07) is 15.4. The minimum absolute atomic E-state index is 0.0707. The fourth-order valence-corrected chi connectivity index (χ4v) is 4.23. The van der Waals surface area contributed by atoms with Crippen molar-refractivity contribution in [2.45, 2.75) is 25.2 Å². The summed E-state index contributed by atoms with van der Waals surface area (Å²) in [7, 11) is 0. The molecule has 0 fully saturated rings. The van der Waals surface area contributed by atoms with Crippen LogP contribution in [0, 0.1) is 0 Å². The van der Waals surface area contributed by atoms with E-state index in [9.17, 15) is 4.79 Å². The molecule has 0 aliphatic carbocycles. The number of fused-ring (bicyclic) bond motifs is 1. The van der Waals surface area contributed by atoms with Gasteiger partial charge < -0.3 is 15.0 Å². The van der Waals surface area contributed by atoms with Gasteiger partial charge in [0.15, 0.2) is 5.16 Å². The summed E-state index contributed by atoms with van der Waals surface area (Å²) in [4.78, 5) is 14.4. The van der Waals surface area contributed by atoms with E-state index in [0.29, 0.717) is 18.2 Å². The Bertz CT molecular complexity index is 1020. The molecular formula is C21H22ClN5O2S. The Kier molecular flexibility index (Phi) is 6.44. The molecule has 156 valence electrons. The van der Waals surface area contributed by atoms with E-state index in [-0.39, 0.29) is 11.7 Å². The lowest BCUT2D eigenvalue weighted by Crippen LogP contribution is -2.24. The molecule has 0 saturated carbocycles. The van der Waals surface area contributed by atoms with E-state index >= 15 is 0 Å². The first-order valence-corrected chi connectivity index (χ1v) is 11.1.